The van der Waals surface area contributed by atoms with Gasteiger partial charge in [0.25, 0.3) is 0 Å². The van der Waals surface area contributed by atoms with Gasteiger partial charge >= 0.3 is 0 Å². The summed E-state index contributed by atoms with van der Waals surface area (Å²) in [5.74, 6) is 1.78. The van der Waals surface area contributed by atoms with Crippen molar-refractivity contribution in [2.24, 2.45) is 12.0 Å². The number of benzene rings is 2. The van der Waals surface area contributed by atoms with Gasteiger partial charge in [-0.1, -0.05) is 37.3 Å². The minimum absolute atomic E-state index is 0.437. The van der Waals surface area contributed by atoms with E-state index in [9.17, 15) is 0 Å². The van der Waals surface area contributed by atoms with Crippen molar-refractivity contribution >= 4 is 28.8 Å². The van der Waals surface area contributed by atoms with Gasteiger partial charge in [-0.15, -0.1) is 11.8 Å². The molecule has 3 aromatic rings. The molecule has 0 spiro atoms. The van der Waals surface area contributed by atoms with Gasteiger partial charge in [-0.3, -0.25) is 4.99 Å². The molecule has 136 valence electrons. The first-order valence-electron chi connectivity index (χ1n) is 8.74. The number of nitrogens with one attached hydrogen (secondary N) is 2. The SMILES string of the molecule is CN=C(NCc1nc2ccccc2n1C)NCC(C)Sc1ccccc1. The molecule has 0 bridgehead atoms. The summed E-state index contributed by atoms with van der Waals surface area (Å²) in [6, 6.07) is 18.6. The Hall–Kier alpha value is -2.47. The summed E-state index contributed by atoms with van der Waals surface area (Å²) < 4.78 is 2.11. The second kappa shape index (κ2) is 8.76. The number of fused-ring (bicyclic) bond motifs is 1. The lowest BCUT2D eigenvalue weighted by molar-refractivity contribution is 0.733. The quantitative estimate of drug-likeness (QED) is 0.398. The number of hydrogen-bond acceptors (Lipinski definition) is 3. The summed E-state index contributed by atoms with van der Waals surface area (Å²) in [6.45, 7) is 3.68. The Bertz CT molecular complexity index is 872. The van der Waals surface area contributed by atoms with E-state index < -0.39 is 0 Å². The summed E-state index contributed by atoms with van der Waals surface area (Å²) in [6.07, 6.45) is 0. The largest absolute Gasteiger partial charge is 0.355 e. The number of nitrogens with zero attached hydrogens (tertiary/aromatic N) is 3. The number of thioether (sulfide) groups is 1. The zero-order valence-corrected chi connectivity index (χ0v) is 16.3. The molecule has 3 rings (SSSR count). The maximum Gasteiger partial charge on any atom is 0.191 e. The van der Waals surface area contributed by atoms with Crippen LogP contribution in [0.25, 0.3) is 11.0 Å². The molecule has 0 saturated heterocycles. The van der Waals surface area contributed by atoms with E-state index in [-0.39, 0.29) is 0 Å². The van der Waals surface area contributed by atoms with Crippen molar-refractivity contribution < 1.29 is 0 Å². The number of guanidine groups is 1. The summed E-state index contributed by atoms with van der Waals surface area (Å²) >= 11 is 1.85. The van der Waals surface area contributed by atoms with Gasteiger partial charge in [0, 0.05) is 30.8 Å². The van der Waals surface area contributed by atoms with E-state index in [1.807, 2.05) is 43.1 Å². The lowest BCUT2D eigenvalue weighted by atomic mass is 10.3. The number of aromatic nitrogens is 2. The predicted molar refractivity (Wildman–Crippen MR) is 111 cm³/mol. The number of rotatable bonds is 6. The van der Waals surface area contributed by atoms with Crippen molar-refractivity contribution in [3.63, 3.8) is 0 Å². The van der Waals surface area contributed by atoms with E-state index in [1.165, 1.54) is 4.90 Å². The smallest absolute Gasteiger partial charge is 0.191 e. The van der Waals surface area contributed by atoms with Gasteiger partial charge in [0.05, 0.1) is 17.6 Å². The van der Waals surface area contributed by atoms with Gasteiger partial charge in [0.15, 0.2) is 5.96 Å². The monoisotopic (exact) mass is 367 g/mol. The topological polar surface area (TPSA) is 54.2 Å². The lowest BCUT2D eigenvalue weighted by Gasteiger charge is -2.16. The number of para-hydroxylation sites is 2. The second-order valence-electron chi connectivity index (χ2n) is 6.12. The summed E-state index contributed by atoms with van der Waals surface area (Å²) in [4.78, 5) is 10.3. The molecule has 0 amide bonds. The molecule has 6 heteroatoms. The highest BCUT2D eigenvalue weighted by molar-refractivity contribution is 8.00. The maximum absolute atomic E-state index is 4.68. The zero-order chi connectivity index (χ0) is 18.4. The third kappa shape index (κ3) is 4.58. The number of hydrogen-bond donors (Lipinski definition) is 2. The van der Waals surface area contributed by atoms with Crippen LogP contribution in [0.2, 0.25) is 0 Å². The standard InChI is InChI=1S/C20H25N5S/c1-15(26-16-9-5-4-6-10-16)13-22-20(21-2)23-14-19-24-17-11-7-8-12-18(17)25(19)3/h4-12,15H,13-14H2,1-3H3,(H2,21,22,23). The Morgan fingerprint density at radius 3 is 2.58 bits per heavy atom. The van der Waals surface area contributed by atoms with Crippen LogP contribution in [0.15, 0.2) is 64.5 Å². The molecule has 0 saturated carbocycles. The van der Waals surface area contributed by atoms with E-state index in [4.69, 9.17) is 0 Å². The first-order chi connectivity index (χ1) is 12.7. The van der Waals surface area contributed by atoms with Crippen molar-refractivity contribution in [2.75, 3.05) is 13.6 Å². The van der Waals surface area contributed by atoms with Crippen LogP contribution in [0, 0.1) is 0 Å². The Morgan fingerprint density at radius 1 is 1.12 bits per heavy atom. The Labute approximate surface area is 158 Å². The van der Waals surface area contributed by atoms with Crippen molar-refractivity contribution in [3.8, 4) is 0 Å². The summed E-state index contributed by atoms with van der Waals surface area (Å²) in [7, 11) is 3.83. The molecule has 2 N–H and O–H groups in total. The fourth-order valence-electron chi connectivity index (χ4n) is 2.75. The van der Waals surface area contributed by atoms with Crippen LogP contribution in [0.5, 0.6) is 0 Å². The van der Waals surface area contributed by atoms with Gasteiger partial charge in [-0.2, -0.15) is 0 Å². The Morgan fingerprint density at radius 2 is 1.85 bits per heavy atom. The summed E-state index contributed by atoms with van der Waals surface area (Å²) in [5.41, 5.74) is 2.16. The highest BCUT2D eigenvalue weighted by Gasteiger charge is 2.09. The fraction of sp³-hybridized carbons (Fsp3) is 0.300. The molecule has 1 heterocycles. The van der Waals surface area contributed by atoms with Crippen LogP contribution >= 0.6 is 11.8 Å². The minimum atomic E-state index is 0.437. The Balaban J connectivity index is 1.52. The molecule has 0 fully saturated rings. The lowest BCUT2D eigenvalue weighted by Crippen LogP contribution is -2.40. The van der Waals surface area contributed by atoms with E-state index in [0.29, 0.717) is 11.8 Å². The number of aryl methyl sites for hydroxylation is 1. The molecule has 0 aliphatic carbocycles. The predicted octanol–water partition coefficient (Wildman–Crippen LogP) is 3.42. The zero-order valence-electron chi connectivity index (χ0n) is 15.4. The van der Waals surface area contributed by atoms with Gasteiger partial charge in [0.1, 0.15) is 5.82 Å². The third-order valence-electron chi connectivity index (χ3n) is 4.15. The first-order valence-corrected chi connectivity index (χ1v) is 9.62. The van der Waals surface area contributed by atoms with Gasteiger partial charge < -0.3 is 15.2 Å². The third-order valence-corrected chi connectivity index (χ3v) is 5.27. The molecule has 26 heavy (non-hydrogen) atoms. The van der Waals surface area contributed by atoms with E-state index >= 15 is 0 Å². The van der Waals surface area contributed by atoms with Crippen LogP contribution < -0.4 is 10.6 Å². The van der Waals surface area contributed by atoms with Crippen molar-refractivity contribution in [1.29, 1.82) is 0 Å². The van der Waals surface area contributed by atoms with Crippen molar-refractivity contribution in [1.82, 2.24) is 20.2 Å². The Kier molecular flexibility index (Phi) is 6.17. The van der Waals surface area contributed by atoms with Gasteiger partial charge in [-0.25, -0.2) is 4.98 Å². The van der Waals surface area contributed by atoms with Crippen LogP contribution in [-0.2, 0) is 13.6 Å². The van der Waals surface area contributed by atoms with E-state index in [2.05, 4.69) is 62.4 Å². The molecule has 5 nitrogen and oxygen atoms in total. The van der Waals surface area contributed by atoms with Crippen LogP contribution in [-0.4, -0.2) is 34.4 Å². The fourth-order valence-corrected chi connectivity index (χ4v) is 3.70. The van der Waals surface area contributed by atoms with E-state index in [1.54, 1.807) is 7.05 Å². The average molecular weight is 368 g/mol. The molecule has 0 aliphatic heterocycles. The molecular weight excluding hydrogens is 342 g/mol. The highest BCUT2D eigenvalue weighted by atomic mass is 32.2. The van der Waals surface area contributed by atoms with Gasteiger partial charge in [-0.05, 0) is 24.3 Å². The minimum Gasteiger partial charge on any atom is -0.355 e. The molecule has 1 atom stereocenters. The second-order valence-corrected chi connectivity index (χ2v) is 7.64. The highest BCUT2D eigenvalue weighted by Crippen LogP contribution is 2.21. The first kappa shape index (κ1) is 18.3. The van der Waals surface area contributed by atoms with Crippen molar-refractivity contribution in [2.45, 2.75) is 23.6 Å². The van der Waals surface area contributed by atoms with Gasteiger partial charge in [0.2, 0.25) is 0 Å². The number of imidazole rings is 1. The molecule has 2 aromatic carbocycles. The van der Waals surface area contributed by atoms with E-state index in [0.717, 1.165) is 29.4 Å². The molecular formula is C20H25N5S. The van der Waals surface area contributed by atoms with Crippen LogP contribution in [0.4, 0.5) is 0 Å². The molecule has 0 aliphatic rings. The summed E-state index contributed by atoms with van der Waals surface area (Å²) in [5, 5.41) is 7.18. The molecule has 0 radical (unpaired) electrons. The molecule has 1 unspecified atom stereocenters. The van der Waals surface area contributed by atoms with Crippen LogP contribution in [0.3, 0.4) is 0 Å². The van der Waals surface area contributed by atoms with Crippen LogP contribution in [0.1, 0.15) is 12.7 Å². The average Bonchev–Trinajstić information content (AvgIpc) is 2.99. The molecule has 1 aromatic heterocycles. The van der Waals surface area contributed by atoms with Crippen molar-refractivity contribution in [3.05, 3.63) is 60.4 Å². The maximum atomic E-state index is 4.68. The normalized spacial score (nSPS) is 13.0. The number of aliphatic imine (C=N–C) groups is 1.